The Balaban J connectivity index is 2.38. The maximum absolute atomic E-state index is 11.0. The van der Waals surface area contributed by atoms with E-state index in [4.69, 9.17) is 4.74 Å². The third-order valence-corrected chi connectivity index (χ3v) is 2.33. The lowest BCUT2D eigenvalue weighted by Crippen LogP contribution is -2.17. The Morgan fingerprint density at radius 2 is 2.54 bits per heavy atom. The zero-order valence-electron chi connectivity index (χ0n) is 8.08. The maximum Gasteiger partial charge on any atom is 0.155 e. The van der Waals surface area contributed by atoms with Crippen LogP contribution in [0.1, 0.15) is 19.8 Å². The van der Waals surface area contributed by atoms with Crippen LogP contribution in [0.15, 0.2) is 24.3 Å². The summed E-state index contributed by atoms with van der Waals surface area (Å²) in [6.07, 6.45) is 5.08. The highest BCUT2D eigenvalue weighted by molar-refractivity contribution is 5.91. The van der Waals surface area contributed by atoms with E-state index in [1.54, 1.807) is 12.2 Å². The summed E-state index contributed by atoms with van der Waals surface area (Å²) < 4.78 is 5.36. The fourth-order valence-electron chi connectivity index (χ4n) is 1.50. The summed E-state index contributed by atoms with van der Waals surface area (Å²) in [6.45, 7) is 6.88. The Hall–Kier alpha value is -0.890. The van der Waals surface area contributed by atoms with E-state index >= 15 is 0 Å². The molecule has 1 aliphatic rings. The summed E-state index contributed by atoms with van der Waals surface area (Å²) in [4.78, 5) is 11.0. The fourth-order valence-corrected chi connectivity index (χ4v) is 1.50. The fraction of sp³-hybridized carbons (Fsp3) is 0.545. The molecule has 0 aliphatic heterocycles. The molecule has 1 rings (SSSR count). The standard InChI is InChI=1S/C11H16O2/c1-3-6-13-8-10-4-5-11(12)7-9(10)2/h3,7,10H,1,4-6,8H2,2H3/t10-/m1/s1. The van der Waals surface area contributed by atoms with Crippen LogP contribution in [0.3, 0.4) is 0 Å². The summed E-state index contributed by atoms with van der Waals surface area (Å²) in [5, 5.41) is 0. The normalized spacial score (nSPS) is 22.7. The first-order valence-corrected chi connectivity index (χ1v) is 4.63. The molecule has 0 aromatic rings. The van der Waals surface area contributed by atoms with Crippen LogP contribution in [-0.4, -0.2) is 19.0 Å². The van der Waals surface area contributed by atoms with Gasteiger partial charge >= 0.3 is 0 Å². The summed E-state index contributed by atoms with van der Waals surface area (Å²) in [5.74, 6) is 0.676. The molecule has 0 radical (unpaired) electrons. The highest BCUT2D eigenvalue weighted by Gasteiger charge is 2.18. The van der Waals surface area contributed by atoms with Crippen molar-refractivity contribution in [1.29, 1.82) is 0 Å². The molecule has 0 aromatic heterocycles. The Morgan fingerprint density at radius 1 is 1.77 bits per heavy atom. The van der Waals surface area contributed by atoms with Crippen molar-refractivity contribution in [3.05, 3.63) is 24.3 Å². The van der Waals surface area contributed by atoms with E-state index in [0.29, 0.717) is 25.6 Å². The van der Waals surface area contributed by atoms with Gasteiger partial charge in [0.05, 0.1) is 13.2 Å². The van der Waals surface area contributed by atoms with E-state index in [-0.39, 0.29) is 5.78 Å². The zero-order valence-corrected chi connectivity index (χ0v) is 8.08. The lowest BCUT2D eigenvalue weighted by Gasteiger charge is -2.20. The van der Waals surface area contributed by atoms with Gasteiger partial charge in [0.15, 0.2) is 5.78 Å². The van der Waals surface area contributed by atoms with Crippen molar-refractivity contribution in [1.82, 2.24) is 0 Å². The number of ether oxygens (including phenoxy) is 1. The molecular formula is C11H16O2. The second-order valence-electron chi connectivity index (χ2n) is 3.42. The maximum atomic E-state index is 11.0. The summed E-state index contributed by atoms with van der Waals surface area (Å²) in [5.41, 5.74) is 1.15. The molecule has 0 N–H and O–H groups in total. The molecule has 0 heterocycles. The number of hydrogen-bond acceptors (Lipinski definition) is 2. The van der Waals surface area contributed by atoms with Crippen LogP contribution in [0.5, 0.6) is 0 Å². The molecule has 0 saturated heterocycles. The average Bonchev–Trinajstić information content (AvgIpc) is 2.09. The average molecular weight is 180 g/mol. The molecule has 0 unspecified atom stereocenters. The van der Waals surface area contributed by atoms with E-state index in [1.165, 1.54) is 0 Å². The topological polar surface area (TPSA) is 26.3 Å². The van der Waals surface area contributed by atoms with E-state index in [2.05, 4.69) is 6.58 Å². The Kier molecular flexibility index (Phi) is 3.90. The molecule has 0 bridgehead atoms. The van der Waals surface area contributed by atoms with Crippen LogP contribution >= 0.6 is 0 Å². The molecule has 0 amide bonds. The quantitative estimate of drug-likeness (QED) is 0.489. The van der Waals surface area contributed by atoms with E-state index in [9.17, 15) is 4.79 Å². The van der Waals surface area contributed by atoms with Crippen molar-refractivity contribution in [2.24, 2.45) is 5.92 Å². The minimum absolute atomic E-state index is 0.248. The van der Waals surface area contributed by atoms with Crippen LogP contribution in [0.2, 0.25) is 0 Å². The summed E-state index contributed by atoms with van der Waals surface area (Å²) >= 11 is 0. The monoisotopic (exact) mass is 180 g/mol. The van der Waals surface area contributed by atoms with Gasteiger partial charge in [0.25, 0.3) is 0 Å². The first-order chi connectivity index (χ1) is 6.24. The van der Waals surface area contributed by atoms with Gasteiger partial charge < -0.3 is 4.74 Å². The van der Waals surface area contributed by atoms with Gasteiger partial charge in [-0.2, -0.15) is 0 Å². The smallest absolute Gasteiger partial charge is 0.155 e. The van der Waals surface area contributed by atoms with Crippen LogP contribution in [0.4, 0.5) is 0 Å². The van der Waals surface area contributed by atoms with Crippen molar-refractivity contribution in [2.75, 3.05) is 13.2 Å². The molecule has 0 fully saturated rings. The predicted octanol–water partition coefficient (Wildman–Crippen LogP) is 2.11. The van der Waals surface area contributed by atoms with E-state index < -0.39 is 0 Å². The molecule has 0 spiro atoms. The first kappa shape index (κ1) is 10.2. The summed E-state index contributed by atoms with van der Waals surface area (Å²) in [6, 6.07) is 0. The second kappa shape index (κ2) is 4.97. The van der Waals surface area contributed by atoms with Crippen molar-refractivity contribution in [3.8, 4) is 0 Å². The minimum atomic E-state index is 0.248. The Bertz CT molecular complexity index is 228. The van der Waals surface area contributed by atoms with Crippen LogP contribution in [-0.2, 0) is 9.53 Å². The highest BCUT2D eigenvalue weighted by atomic mass is 16.5. The molecule has 2 heteroatoms. The van der Waals surface area contributed by atoms with Gasteiger partial charge in [-0.1, -0.05) is 11.6 Å². The van der Waals surface area contributed by atoms with Crippen LogP contribution < -0.4 is 0 Å². The molecule has 0 saturated carbocycles. The van der Waals surface area contributed by atoms with Gasteiger partial charge in [0.2, 0.25) is 0 Å². The zero-order chi connectivity index (χ0) is 9.68. The molecule has 13 heavy (non-hydrogen) atoms. The third-order valence-electron chi connectivity index (χ3n) is 2.33. The molecule has 1 aliphatic carbocycles. The third kappa shape index (κ3) is 3.15. The number of ketones is 1. The first-order valence-electron chi connectivity index (χ1n) is 4.63. The predicted molar refractivity (Wildman–Crippen MR) is 52.5 cm³/mol. The summed E-state index contributed by atoms with van der Waals surface area (Å²) in [7, 11) is 0. The molecule has 0 aromatic carbocycles. The van der Waals surface area contributed by atoms with Crippen molar-refractivity contribution < 1.29 is 9.53 Å². The van der Waals surface area contributed by atoms with Crippen molar-refractivity contribution in [2.45, 2.75) is 19.8 Å². The lowest BCUT2D eigenvalue weighted by atomic mass is 9.89. The number of hydrogen-bond donors (Lipinski definition) is 0. The van der Waals surface area contributed by atoms with Crippen molar-refractivity contribution >= 4 is 5.78 Å². The van der Waals surface area contributed by atoms with E-state index in [1.807, 2.05) is 6.92 Å². The van der Waals surface area contributed by atoms with Gasteiger partial charge in [0.1, 0.15) is 0 Å². The minimum Gasteiger partial charge on any atom is -0.377 e. The number of rotatable bonds is 4. The highest BCUT2D eigenvalue weighted by Crippen LogP contribution is 2.22. The van der Waals surface area contributed by atoms with Gasteiger partial charge in [-0.15, -0.1) is 6.58 Å². The van der Waals surface area contributed by atoms with Gasteiger partial charge in [-0.25, -0.2) is 0 Å². The van der Waals surface area contributed by atoms with Crippen molar-refractivity contribution in [3.63, 3.8) is 0 Å². The van der Waals surface area contributed by atoms with Gasteiger partial charge in [-0.05, 0) is 19.4 Å². The van der Waals surface area contributed by atoms with E-state index in [0.717, 1.165) is 12.0 Å². The van der Waals surface area contributed by atoms with Crippen LogP contribution in [0.25, 0.3) is 0 Å². The SMILES string of the molecule is C=CCOC[C@H]1CCC(=O)C=C1C. The Labute approximate surface area is 79.3 Å². The van der Waals surface area contributed by atoms with Crippen LogP contribution in [0, 0.1) is 5.92 Å². The number of carbonyl (C=O) groups excluding carboxylic acids is 1. The second-order valence-corrected chi connectivity index (χ2v) is 3.42. The number of carbonyl (C=O) groups is 1. The molecular weight excluding hydrogens is 164 g/mol. The largest absolute Gasteiger partial charge is 0.377 e. The lowest BCUT2D eigenvalue weighted by molar-refractivity contribution is -0.115. The van der Waals surface area contributed by atoms with Gasteiger partial charge in [0, 0.05) is 12.3 Å². The molecule has 2 nitrogen and oxygen atoms in total. The Morgan fingerprint density at radius 3 is 3.15 bits per heavy atom. The molecule has 72 valence electrons. The van der Waals surface area contributed by atoms with Gasteiger partial charge in [-0.3, -0.25) is 4.79 Å². The molecule has 1 atom stereocenters. The number of allylic oxidation sites excluding steroid dienone is 1.